The molecule has 5 nitrogen and oxygen atoms in total. The molecule has 1 aliphatic rings. The predicted molar refractivity (Wildman–Crippen MR) is 100 cm³/mol. The van der Waals surface area contributed by atoms with Gasteiger partial charge in [0.2, 0.25) is 0 Å². The molecule has 1 fully saturated rings. The third kappa shape index (κ3) is 5.28. The van der Waals surface area contributed by atoms with Crippen molar-refractivity contribution in [1.82, 2.24) is 9.80 Å². The summed E-state index contributed by atoms with van der Waals surface area (Å²) in [5.74, 6) is 0.298. The fourth-order valence-corrected chi connectivity index (χ4v) is 3.12. The summed E-state index contributed by atoms with van der Waals surface area (Å²) in [6, 6.07) is 14.9. The molecule has 0 aliphatic carbocycles. The van der Waals surface area contributed by atoms with Crippen molar-refractivity contribution in [3.05, 3.63) is 65.5 Å². The van der Waals surface area contributed by atoms with E-state index in [1.165, 1.54) is 24.3 Å². The van der Waals surface area contributed by atoms with Crippen LogP contribution in [0.5, 0.6) is 5.75 Å². The van der Waals surface area contributed by atoms with E-state index in [-0.39, 0.29) is 11.7 Å². The summed E-state index contributed by atoms with van der Waals surface area (Å²) in [4.78, 5) is 16.7. The number of halogens is 1. The Morgan fingerprint density at radius 3 is 2.70 bits per heavy atom. The van der Waals surface area contributed by atoms with E-state index in [2.05, 4.69) is 11.0 Å². The molecule has 27 heavy (non-hydrogen) atoms. The maximum atomic E-state index is 13.0. The van der Waals surface area contributed by atoms with Gasteiger partial charge in [-0.1, -0.05) is 6.07 Å². The first-order valence-corrected chi connectivity index (χ1v) is 9.06. The van der Waals surface area contributed by atoms with Gasteiger partial charge in [0.25, 0.3) is 5.91 Å². The van der Waals surface area contributed by atoms with Gasteiger partial charge in [0, 0.05) is 38.3 Å². The lowest BCUT2D eigenvalue weighted by Gasteiger charge is -2.22. The maximum Gasteiger partial charge on any atom is 0.253 e. The Hall–Kier alpha value is -2.91. The summed E-state index contributed by atoms with van der Waals surface area (Å²) in [5.41, 5.74) is 1.10. The molecule has 0 bridgehead atoms. The minimum atomic E-state index is -0.339. The molecule has 2 aromatic rings. The van der Waals surface area contributed by atoms with Crippen molar-refractivity contribution >= 4 is 5.91 Å². The molecule has 0 radical (unpaired) electrons. The monoisotopic (exact) mass is 367 g/mol. The number of rotatable bonds is 5. The number of carbonyl (C=O) groups excluding carboxylic acids is 1. The summed E-state index contributed by atoms with van der Waals surface area (Å²) >= 11 is 0. The maximum absolute atomic E-state index is 13.0. The molecule has 1 amide bonds. The summed E-state index contributed by atoms with van der Waals surface area (Å²) in [6.07, 6.45) is 0.886. The molecule has 1 heterocycles. The Bertz CT molecular complexity index is 817. The quantitative estimate of drug-likeness (QED) is 0.815. The topological polar surface area (TPSA) is 56.6 Å². The van der Waals surface area contributed by atoms with Crippen molar-refractivity contribution in [3.8, 4) is 11.8 Å². The number of carbonyl (C=O) groups is 1. The number of nitrogens with zero attached hydrogens (tertiary/aromatic N) is 3. The van der Waals surface area contributed by atoms with E-state index >= 15 is 0 Å². The van der Waals surface area contributed by atoms with Crippen LogP contribution in [0.2, 0.25) is 0 Å². The average Bonchev–Trinajstić information content (AvgIpc) is 2.94. The van der Waals surface area contributed by atoms with Crippen molar-refractivity contribution in [2.75, 3.05) is 39.3 Å². The highest BCUT2D eigenvalue weighted by atomic mass is 19.1. The van der Waals surface area contributed by atoms with Crippen LogP contribution in [0, 0.1) is 17.1 Å². The first kappa shape index (κ1) is 18.9. The Kier molecular flexibility index (Phi) is 6.39. The van der Waals surface area contributed by atoms with Crippen molar-refractivity contribution in [3.63, 3.8) is 0 Å². The van der Waals surface area contributed by atoms with Gasteiger partial charge in [-0.05, 0) is 48.9 Å². The first-order chi connectivity index (χ1) is 13.2. The van der Waals surface area contributed by atoms with Gasteiger partial charge in [-0.3, -0.25) is 9.69 Å². The van der Waals surface area contributed by atoms with E-state index < -0.39 is 0 Å². The second-order valence-corrected chi connectivity index (χ2v) is 6.48. The van der Waals surface area contributed by atoms with Crippen LogP contribution in [-0.4, -0.2) is 55.0 Å². The van der Waals surface area contributed by atoms with Crippen LogP contribution in [0.15, 0.2) is 48.5 Å². The van der Waals surface area contributed by atoms with Crippen LogP contribution < -0.4 is 4.74 Å². The highest BCUT2D eigenvalue weighted by Crippen LogP contribution is 2.13. The van der Waals surface area contributed by atoms with E-state index in [9.17, 15) is 9.18 Å². The molecule has 3 rings (SSSR count). The molecule has 1 saturated heterocycles. The Balaban J connectivity index is 1.47. The van der Waals surface area contributed by atoms with Gasteiger partial charge in [-0.15, -0.1) is 0 Å². The van der Waals surface area contributed by atoms with E-state index in [1.54, 1.807) is 18.2 Å². The van der Waals surface area contributed by atoms with Gasteiger partial charge in [-0.2, -0.15) is 5.26 Å². The largest absolute Gasteiger partial charge is 0.492 e. The number of amides is 1. The standard InChI is InChI=1S/C21H22FN3O2/c22-19-7-5-18(6-8-19)21(26)25-10-2-9-24(11-12-25)13-14-27-20-4-1-3-17(15-20)16-23/h1,3-8,15H,2,9-14H2. The van der Waals surface area contributed by atoms with Gasteiger partial charge in [0.1, 0.15) is 18.2 Å². The van der Waals surface area contributed by atoms with Crippen molar-refractivity contribution in [2.24, 2.45) is 0 Å². The summed E-state index contributed by atoms with van der Waals surface area (Å²) in [6.45, 7) is 4.29. The van der Waals surface area contributed by atoms with E-state index in [1.807, 2.05) is 11.0 Å². The number of hydrogen-bond donors (Lipinski definition) is 0. The van der Waals surface area contributed by atoms with Crippen LogP contribution in [0.3, 0.4) is 0 Å². The van der Waals surface area contributed by atoms with Crippen LogP contribution in [0.1, 0.15) is 22.3 Å². The van der Waals surface area contributed by atoms with Crippen LogP contribution in [0.25, 0.3) is 0 Å². The Morgan fingerprint density at radius 2 is 1.93 bits per heavy atom. The molecule has 1 aliphatic heterocycles. The van der Waals surface area contributed by atoms with E-state index in [4.69, 9.17) is 10.00 Å². The molecule has 0 N–H and O–H groups in total. The molecule has 0 saturated carbocycles. The van der Waals surface area contributed by atoms with Crippen LogP contribution >= 0.6 is 0 Å². The smallest absolute Gasteiger partial charge is 0.253 e. The minimum absolute atomic E-state index is 0.0542. The highest BCUT2D eigenvalue weighted by molar-refractivity contribution is 5.94. The van der Waals surface area contributed by atoms with Crippen molar-refractivity contribution in [2.45, 2.75) is 6.42 Å². The molecule has 140 valence electrons. The lowest BCUT2D eigenvalue weighted by Crippen LogP contribution is -2.36. The van der Waals surface area contributed by atoms with E-state index in [0.29, 0.717) is 36.6 Å². The van der Waals surface area contributed by atoms with Gasteiger partial charge in [0.05, 0.1) is 11.6 Å². The molecule has 6 heteroatoms. The van der Waals surface area contributed by atoms with Gasteiger partial charge in [0.15, 0.2) is 0 Å². The van der Waals surface area contributed by atoms with Gasteiger partial charge >= 0.3 is 0 Å². The zero-order chi connectivity index (χ0) is 19.1. The van der Waals surface area contributed by atoms with Crippen LogP contribution in [-0.2, 0) is 0 Å². The third-order valence-corrected chi connectivity index (χ3v) is 4.61. The molecule has 0 unspecified atom stereocenters. The van der Waals surface area contributed by atoms with Crippen molar-refractivity contribution in [1.29, 1.82) is 5.26 Å². The van der Waals surface area contributed by atoms with Crippen LogP contribution in [0.4, 0.5) is 4.39 Å². The molecule has 0 atom stereocenters. The van der Waals surface area contributed by atoms with Gasteiger partial charge < -0.3 is 9.64 Å². The molecular weight excluding hydrogens is 345 g/mol. The zero-order valence-corrected chi connectivity index (χ0v) is 15.1. The second-order valence-electron chi connectivity index (χ2n) is 6.48. The minimum Gasteiger partial charge on any atom is -0.492 e. The fraction of sp³-hybridized carbons (Fsp3) is 0.333. The molecule has 0 aromatic heterocycles. The average molecular weight is 367 g/mol. The number of benzene rings is 2. The zero-order valence-electron chi connectivity index (χ0n) is 15.1. The number of nitriles is 1. The second kappa shape index (κ2) is 9.15. The SMILES string of the molecule is N#Cc1cccc(OCCN2CCCN(C(=O)c3ccc(F)cc3)CC2)c1. The molecular formula is C21H22FN3O2. The Morgan fingerprint density at radius 1 is 1.11 bits per heavy atom. The summed E-state index contributed by atoms with van der Waals surface area (Å²) in [5, 5.41) is 8.92. The first-order valence-electron chi connectivity index (χ1n) is 9.06. The highest BCUT2D eigenvalue weighted by Gasteiger charge is 2.20. The summed E-state index contributed by atoms with van der Waals surface area (Å²) in [7, 11) is 0. The van der Waals surface area contributed by atoms with Gasteiger partial charge in [-0.25, -0.2) is 4.39 Å². The number of ether oxygens (including phenoxy) is 1. The molecule has 2 aromatic carbocycles. The lowest BCUT2D eigenvalue weighted by atomic mass is 10.2. The lowest BCUT2D eigenvalue weighted by molar-refractivity contribution is 0.0760. The normalized spacial score (nSPS) is 15.0. The predicted octanol–water partition coefficient (Wildman–Crippen LogP) is 2.92. The summed E-state index contributed by atoms with van der Waals surface area (Å²) < 4.78 is 18.8. The Labute approximate surface area is 158 Å². The van der Waals surface area contributed by atoms with E-state index in [0.717, 1.165) is 26.1 Å². The number of hydrogen-bond acceptors (Lipinski definition) is 4. The molecule has 0 spiro atoms. The fourth-order valence-electron chi connectivity index (χ4n) is 3.12. The van der Waals surface area contributed by atoms with Crippen molar-refractivity contribution < 1.29 is 13.9 Å². The third-order valence-electron chi connectivity index (χ3n) is 4.61.